The largest absolute Gasteiger partial charge is 0.353 e. The van der Waals surface area contributed by atoms with Crippen molar-refractivity contribution in [1.82, 2.24) is 10.2 Å². The van der Waals surface area contributed by atoms with Crippen LogP contribution in [-0.4, -0.2) is 35.0 Å². The van der Waals surface area contributed by atoms with Crippen LogP contribution in [0.2, 0.25) is 0 Å². The highest BCUT2D eigenvalue weighted by molar-refractivity contribution is 5.83. The number of hydrogen-bond donors (Lipinski definition) is 1. The third-order valence-corrected chi connectivity index (χ3v) is 6.83. The highest BCUT2D eigenvalue weighted by Gasteiger charge is 2.44. The van der Waals surface area contributed by atoms with Gasteiger partial charge in [-0.25, -0.2) is 4.99 Å². The molecule has 0 radical (unpaired) electrons. The van der Waals surface area contributed by atoms with Crippen molar-refractivity contribution in [3.8, 4) is 0 Å². The summed E-state index contributed by atoms with van der Waals surface area (Å²) >= 11 is 0. The predicted octanol–water partition coefficient (Wildman–Crippen LogP) is 3.69. The minimum absolute atomic E-state index is 0.616. The van der Waals surface area contributed by atoms with Gasteiger partial charge in [0, 0.05) is 18.1 Å². The zero-order chi connectivity index (χ0) is 14.5. The average molecular weight is 301 g/mol. The van der Waals surface area contributed by atoms with Gasteiger partial charge in [0.2, 0.25) is 0 Å². The maximum Gasteiger partial charge on any atom is 0.194 e. The van der Waals surface area contributed by atoms with Crippen LogP contribution in [0.1, 0.15) is 77.0 Å². The first kappa shape index (κ1) is 13.7. The molecule has 0 spiro atoms. The molecular formula is C19H31N3. The first-order valence-electron chi connectivity index (χ1n) is 9.98. The lowest BCUT2D eigenvalue weighted by Gasteiger charge is -2.45. The molecule has 0 bridgehead atoms. The normalized spacial score (nSPS) is 40.2. The van der Waals surface area contributed by atoms with E-state index in [2.05, 4.69) is 10.2 Å². The minimum Gasteiger partial charge on any atom is -0.353 e. The van der Waals surface area contributed by atoms with Crippen LogP contribution in [0.5, 0.6) is 0 Å². The van der Waals surface area contributed by atoms with Gasteiger partial charge in [0.05, 0.1) is 6.04 Å². The fourth-order valence-corrected chi connectivity index (χ4v) is 5.11. The van der Waals surface area contributed by atoms with E-state index in [9.17, 15) is 0 Å². The molecule has 3 nitrogen and oxygen atoms in total. The van der Waals surface area contributed by atoms with Gasteiger partial charge in [-0.15, -0.1) is 0 Å². The monoisotopic (exact) mass is 301 g/mol. The summed E-state index contributed by atoms with van der Waals surface area (Å²) in [7, 11) is 0. The van der Waals surface area contributed by atoms with Gasteiger partial charge in [-0.3, -0.25) is 0 Å². The molecule has 5 rings (SSSR count). The molecule has 4 atom stereocenters. The van der Waals surface area contributed by atoms with E-state index in [1.54, 1.807) is 0 Å². The zero-order valence-corrected chi connectivity index (χ0v) is 13.8. The van der Waals surface area contributed by atoms with Crippen molar-refractivity contribution in [3.05, 3.63) is 0 Å². The van der Waals surface area contributed by atoms with Gasteiger partial charge < -0.3 is 10.2 Å². The van der Waals surface area contributed by atoms with Crippen molar-refractivity contribution in [2.45, 2.75) is 101 Å². The minimum atomic E-state index is 0.616. The maximum atomic E-state index is 5.17. The summed E-state index contributed by atoms with van der Waals surface area (Å²) in [4.78, 5) is 7.85. The SMILES string of the molecule is C1CC1CC[C@@H]1C[C@@H]2CC[C@@H]3C[C@H](CCC4CC4)NC(=N1)N32. The van der Waals surface area contributed by atoms with Crippen molar-refractivity contribution in [3.63, 3.8) is 0 Å². The number of nitrogens with zero attached hydrogens (tertiary/aromatic N) is 2. The van der Waals surface area contributed by atoms with Gasteiger partial charge in [0.25, 0.3) is 0 Å². The van der Waals surface area contributed by atoms with Crippen LogP contribution in [0.3, 0.4) is 0 Å². The van der Waals surface area contributed by atoms with E-state index in [1.165, 1.54) is 83.0 Å². The van der Waals surface area contributed by atoms with Crippen LogP contribution in [0.4, 0.5) is 0 Å². The molecule has 3 aliphatic heterocycles. The lowest BCUT2D eigenvalue weighted by Crippen LogP contribution is -2.59. The molecule has 1 N–H and O–H groups in total. The van der Waals surface area contributed by atoms with Crippen LogP contribution in [0.25, 0.3) is 0 Å². The van der Waals surface area contributed by atoms with Crippen molar-refractivity contribution < 1.29 is 0 Å². The summed E-state index contributed by atoms with van der Waals surface area (Å²) in [6.07, 6.45) is 17.1. The fourth-order valence-electron chi connectivity index (χ4n) is 5.11. The molecule has 0 aromatic rings. The zero-order valence-electron chi connectivity index (χ0n) is 13.8. The molecule has 0 aromatic heterocycles. The molecule has 122 valence electrons. The number of aliphatic imine (C=N–C) groups is 1. The van der Waals surface area contributed by atoms with Crippen LogP contribution < -0.4 is 5.32 Å². The second kappa shape index (κ2) is 5.42. The van der Waals surface area contributed by atoms with Crippen LogP contribution >= 0.6 is 0 Å². The molecule has 2 aliphatic carbocycles. The Kier molecular flexibility index (Phi) is 3.37. The summed E-state index contributed by atoms with van der Waals surface area (Å²) in [6, 6.07) is 2.93. The van der Waals surface area contributed by atoms with Gasteiger partial charge in [0.15, 0.2) is 5.96 Å². The number of hydrogen-bond acceptors (Lipinski definition) is 3. The quantitative estimate of drug-likeness (QED) is 0.810. The first-order valence-corrected chi connectivity index (χ1v) is 9.98. The highest BCUT2D eigenvalue weighted by Crippen LogP contribution is 2.40. The molecule has 5 aliphatic rings. The van der Waals surface area contributed by atoms with Crippen LogP contribution in [0.15, 0.2) is 4.99 Å². The molecule has 4 fully saturated rings. The Hall–Kier alpha value is -0.730. The summed E-state index contributed by atoms with van der Waals surface area (Å²) in [6.45, 7) is 0. The van der Waals surface area contributed by atoms with Crippen molar-refractivity contribution >= 4 is 5.96 Å². The van der Waals surface area contributed by atoms with E-state index < -0.39 is 0 Å². The van der Waals surface area contributed by atoms with E-state index >= 15 is 0 Å². The summed E-state index contributed by atoms with van der Waals surface area (Å²) < 4.78 is 0. The Morgan fingerprint density at radius 3 is 2.23 bits per heavy atom. The number of nitrogens with one attached hydrogen (secondary N) is 1. The lowest BCUT2D eigenvalue weighted by atomic mass is 9.96. The molecule has 3 heteroatoms. The third-order valence-electron chi connectivity index (χ3n) is 6.83. The lowest BCUT2D eigenvalue weighted by molar-refractivity contribution is 0.200. The van der Waals surface area contributed by atoms with Gasteiger partial charge in [-0.2, -0.15) is 0 Å². The average Bonchev–Trinajstić information content (AvgIpc) is 3.43. The molecule has 22 heavy (non-hydrogen) atoms. The Bertz CT molecular complexity index is 452. The van der Waals surface area contributed by atoms with Crippen molar-refractivity contribution in [2.24, 2.45) is 16.8 Å². The number of rotatable bonds is 6. The molecule has 0 aromatic carbocycles. The Morgan fingerprint density at radius 2 is 1.50 bits per heavy atom. The van der Waals surface area contributed by atoms with Crippen LogP contribution in [-0.2, 0) is 0 Å². The molecule has 3 heterocycles. The Morgan fingerprint density at radius 1 is 0.818 bits per heavy atom. The van der Waals surface area contributed by atoms with E-state index in [0.717, 1.165) is 23.9 Å². The predicted molar refractivity (Wildman–Crippen MR) is 89.9 cm³/mol. The summed E-state index contributed by atoms with van der Waals surface area (Å²) in [5, 5.41) is 3.85. The van der Waals surface area contributed by atoms with Gasteiger partial charge in [-0.1, -0.05) is 25.7 Å². The van der Waals surface area contributed by atoms with Crippen LogP contribution in [0, 0.1) is 11.8 Å². The van der Waals surface area contributed by atoms with E-state index in [4.69, 9.17) is 4.99 Å². The molecular weight excluding hydrogens is 270 g/mol. The smallest absolute Gasteiger partial charge is 0.194 e. The van der Waals surface area contributed by atoms with E-state index in [-0.39, 0.29) is 0 Å². The van der Waals surface area contributed by atoms with Gasteiger partial charge >= 0.3 is 0 Å². The maximum absolute atomic E-state index is 5.17. The molecule has 0 amide bonds. The fraction of sp³-hybridized carbons (Fsp3) is 0.947. The van der Waals surface area contributed by atoms with E-state index in [0.29, 0.717) is 12.1 Å². The second-order valence-corrected chi connectivity index (χ2v) is 8.75. The summed E-state index contributed by atoms with van der Waals surface area (Å²) in [5.74, 6) is 3.42. The third kappa shape index (κ3) is 2.76. The standard InChI is InChI=1S/C19H31N3/c1-2-13(1)5-7-15-11-17-9-10-18-12-16(8-6-14-3-4-14)21-19(20-15)22(17)18/h13-18H,1-12H2,(H,20,21)/t15-,16+,17+,18-. The van der Waals surface area contributed by atoms with Crippen molar-refractivity contribution in [1.29, 1.82) is 0 Å². The van der Waals surface area contributed by atoms with Gasteiger partial charge in [-0.05, 0) is 63.2 Å². The second-order valence-electron chi connectivity index (χ2n) is 8.75. The molecule has 0 unspecified atom stereocenters. The number of guanidine groups is 1. The molecule has 2 saturated heterocycles. The first-order chi connectivity index (χ1) is 10.8. The van der Waals surface area contributed by atoms with E-state index in [1.807, 2.05) is 0 Å². The Labute approximate surface area is 134 Å². The Balaban J connectivity index is 1.26. The van der Waals surface area contributed by atoms with Gasteiger partial charge in [0.1, 0.15) is 0 Å². The van der Waals surface area contributed by atoms with Crippen molar-refractivity contribution in [2.75, 3.05) is 0 Å². The topological polar surface area (TPSA) is 27.6 Å². The molecule has 2 saturated carbocycles. The highest BCUT2D eigenvalue weighted by atomic mass is 15.4. The summed E-state index contributed by atoms with van der Waals surface area (Å²) in [5.41, 5.74) is 0.